The van der Waals surface area contributed by atoms with Crippen molar-refractivity contribution in [1.82, 2.24) is 9.80 Å². The Morgan fingerprint density at radius 3 is 2.50 bits per heavy atom. The number of carbonyl (C=O) groups is 1. The molecule has 0 radical (unpaired) electrons. The Labute approximate surface area is 165 Å². The van der Waals surface area contributed by atoms with Crippen LogP contribution >= 0.6 is 0 Å². The van der Waals surface area contributed by atoms with E-state index in [-0.39, 0.29) is 6.03 Å². The molecule has 2 aliphatic rings. The molecule has 1 fully saturated rings. The molecule has 2 aromatic carbocycles. The number of carbonyl (C=O) groups excluding carboxylic acids is 1. The van der Waals surface area contributed by atoms with Gasteiger partial charge in [0.05, 0.1) is 0 Å². The van der Waals surface area contributed by atoms with Crippen molar-refractivity contribution >= 4 is 17.8 Å². The zero-order valence-corrected chi connectivity index (χ0v) is 15.8. The average molecular weight is 379 g/mol. The first-order chi connectivity index (χ1) is 13.8. The van der Waals surface area contributed by atoms with Crippen molar-refractivity contribution in [3.8, 4) is 11.5 Å². The van der Waals surface area contributed by atoms with Gasteiger partial charge in [-0.15, -0.1) is 0 Å². The zero-order valence-electron chi connectivity index (χ0n) is 15.8. The summed E-state index contributed by atoms with van der Waals surface area (Å²) in [5.74, 6) is 1.40. The van der Waals surface area contributed by atoms with E-state index < -0.39 is 0 Å². The summed E-state index contributed by atoms with van der Waals surface area (Å²) >= 11 is 0. The molecule has 1 saturated heterocycles. The summed E-state index contributed by atoms with van der Waals surface area (Å²) in [7, 11) is 0. The summed E-state index contributed by atoms with van der Waals surface area (Å²) in [5, 5.41) is 2.96. The highest BCUT2D eigenvalue weighted by Crippen LogP contribution is 2.32. The topological polar surface area (TPSA) is 54.0 Å². The maximum atomic E-state index is 12.6. The molecular formula is C22H25N3O3. The number of amides is 2. The minimum absolute atomic E-state index is 0.0730. The van der Waals surface area contributed by atoms with E-state index in [4.69, 9.17) is 9.47 Å². The van der Waals surface area contributed by atoms with Gasteiger partial charge in [-0.2, -0.15) is 0 Å². The molecule has 0 spiro atoms. The van der Waals surface area contributed by atoms with Crippen molar-refractivity contribution in [1.29, 1.82) is 0 Å². The van der Waals surface area contributed by atoms with Crippen molar-refractivity contribution in [2.75, 3.05) is 51.3 Å². The van der Waals surface area contributed by atoms with Crippen LogP contribution in [0.3, 0.4) is 0 Å². The number of piperazine rings is 1. The quantitative estimate of drug-likeness (QED) is 0.885. The van der Waals surface area contributed by atoms with Crippen molar-refractivity contribution in [2.45, 2.75) is 0 Å². The van der Waals surface area contributed by atoms with Gasteiger partial charge >= 0.3 is 6.03 Å². The second kappa shape index (κ2) is 8.80. The first kappa shape index (κ1) is 18.4. The Morgan fingerprint density at radius 1 is 0.964 bits per heavy atom. The van der Waals surface area contributed by atoms with Crippen LogP contribution in [0.25, 0.3) is 6.08 Å². The highest BCUT2D eigenvalue weighted by molar-refractivity contribution is 5.89. The number of nitrogens with one attached hydrogen (secondary N) is 1. The van der Waals surface area contributed by atoms with E-state index >= 15 is 0 Å². The van der Waals surface area contributed by atoms with Crippen LogP contribution in [0.2, 0.25) is 0 Å². The number of hydrogen-bond donors (Lipinski definition) is 1. The number of urea groups is 1. The molecule has 2 heterocycles. The van der Waals surface area contributed by atoms with E-state index in [1.54, 1.807) is 0 Å². The lowest BCUT2D eigenvalue weighted by atomic mass is 10.2. The van der Waals surface area contributed by atoms with Gasteiger partial charge in [-0.3, -0.25) is 4.90 Å². The van der Waals surface area contributed by atoms with Crippen LogP contribution in [0.5, 0.6) is 11.5 Å². The molecule has 0 aromatic heterocycles. The summed E-state index contributed by atoms with van der Waals surface area (Å²) < 4.78 is 11.1. The Balaban J connectivity index is 1.24. The Kier molecular flexibility index (Phi) is 5.77. The van der Waals surface area contributed by atoms with Crippen molar-refractivity contribution < 1.29 is 14.3 Å². The van der Waals surface area contributed by atoms with Gasteiger partial charge in [0.2, 0.25) is 0 Å². The van der Waals surface area contributed by atoms with Crippen LogP contribution < -0.4 is 14.8 Å². The summed E-state index contributed by atoms with van der Waals surface area (Å²) in [5.41, 5.74) is 1.93. The highest BCUT2D eigenvalue weighted by atomic mass is 16.6. The maximum absolute atomic E-state index is 12.6. The van der Waals surface area contributed by atoms with Gasteiger partial charge in [-0.05, 0) is 17.7 Å². The van der Waals surface area contributed by atoms with Gasteiger partial charge in [-0.1, -0.05) is 42.5 Å². The monoisotopic (exact) mass is 379 g/mol. The Bertz CT molecular complexity index is 830. The largest absolute Gasteiger partial charge is 0.486 e. The predicted octanol–water partition coefficient (Wildman–Crippen LogP) is 3.32. The van der Waals surface area contributed by atoms with Crippen molar-refractivity contribution in [2.24, 2.45) is 0 Å². The molecule has 2 aliphatic heterocycles. The number of hydrogen-bond acceptors (Lipinski definition) is 4. The van der Waals surface area contributed by atoms with Crippen LogP contribution in [-0.2, 0) is 0 Å². The third-order valence-corrected chi connectivity index (χ3v) is 4.93. The number of ether oxygens (including phenoxy) is 2. The number of nitrogens with zero attached hydrogens (tertiary/aromatic N) is 2. The first-order valence-electron chi connectivity index (χ1n) is 9.67. The van der Waals surface area contributed by atoms with Crippen LogP contribution in [0, 0.1) is 0 Å². The van der Waals surface area contributed by atoms with E-state index in [2.05, 4.69) is 34.5 Å². The molecule has 0 saturated carbocycles. The van der Waals surface area contributed by atoms with Crippen LogP contribution in [-0.4, -0.2) is 61.8 Å². The molecule has 28 heavy (non-hydrogen) atoms. The minimum Gasteiger partial charge on any atom is -0.486 e. The molecule has 0 atom stereocenters. The van der Waals surface area contributed by atoms with Gasteiger partial charge in [0.1, 0.15) is 13.2 Å². The lowest BCUT2D eigenvalue weighted by Crippen LogP contribution is -2.49. The molecule has 0 bridgehead atoms. The van der Waals surface area contributed by atoms with E-state index in [1.165, 1.54) is 5.56 Å². The van der Waals surface area contributed by atoms with Crippen LogP contribution in [0.4, 0.5) is 10.5 Å². The van der Waals surface area contributed by atoms with Gasteiger partial charge < -0.3 is 19.7 Å². The Morgan fingerprint density at radius 2 is 1.71 bits per heavy atom. The van der Waals surface area contributed by atoms with E-state index in [9.17, 15) is 4.79 Å². The second-order valence-electron chi connectivity index (χ2n) is 6.89. The fourth-order valence-corrected chi connectivity index (χ4v) is 3.36. The van der Waals surface area contributed by atoms with E-state index in [0.29, 0.717) is 19.0 Å². The molecule has 6 heteroatoms. The van der Waals surface area contributed by atoms with Crippen LogP contribution in [0.1, 0.15) is 5.56 Å². The SMILES string of the molecule is O=C(Nc1ccc2c(c1)OCCO2)N1CCN(C/C=C/c2ccccc2)CC1. The molecule has 4 rings (SSSR count). The van der Waals surface area contributed by atoms with Gasteiger partial charge in [0, 0.05) is 44.5 Å². The summed E-state index contributed by atoms with van der Waals surface area (Å²) in [6.45, 7) is 5.16. The maximum Gasteiger partial charge on any atom is 0.321 e. The highest BCUT2D eigenvalue weighted by Gasteiger charge is 2.21. The number of anilines is 1. The third kappa shape index (κ3) is 4.64. The molecule has 6 nitrogen and oxygen atoms in total. The lowest BCUT2D eigenvalue weighted by molar-refractivity contribution is 0.155. The van der Waals surface area contributed by atoms with E-state index in [1.807, 2.05) is 41.3 Å². The van der Waals surface area contributed by atoms with Gasteiger partial charge in [-0.25, -0.2) is 4.79 Å². The summed E-state index contributed by atoms with van der Waals surface area (Å²) in [6, 6.07) is 15.7. The van der Waals surface area contributed by atoms with Crippen molar-refractivity contribution in [3.63, 3.8) is 0 Å². The zero-order chi connectivity index (χ0) is 19.2. The van der Waals surface area contributed by atoms with Gasteiger partial charge in [0.25, 0.3) is 0 Å². The molecule has 2 amide bonds. The number of fused-ring (bicyclic) bond motifs is 1. The normalized spacial score (nSPS) is 16.9. The molecule has 146 valence electrons. The third-order valence-electron chi connectivity index (χ3n) is 4.93. The standard InChI is InChI=1S/C22H25N3O3/c26-22(23-19-8-9-20-21(17-19)28-16-15-27-20)25-13-11-24(12-14-25)10-4-7-18-5-2-1-3-6-18/h1-9,17H,10-16H2,(H,23,26)/b7-4+. The molecule has 0 unspecified atom stereocenters. The van der Waals surface area contributed by atoms with E-state index in [0.717, 1.165) is 44.2 Å². The van der Waals surface area contributed by atoms with Crippen molar-refractivity contribution in [3.05, 3.63) is 60.2 Å². The summed E-state index contributed by atoms with van der Waals surface area (Å²) in [4.78, 5) is 16.8. The minimum atomic E-state index is -0.0730. The number of benzene rings is 2. The van der Waals surface area contributed by atoms with Gasteiger partial charge in [0.15, 0.2) is 11.5 Å². The molecule has 0 aliphatic carbocycles. The molecule has 2 aromatic rings. The predicted molar refractivity (Wildman–Crippen MR) is 110 cm³/mol. The fourth-order valence-electron chi connectivity index (χ4n) is 3.36. The summed E-state index contributed by atoms with van der Waals surface area (Å²) in [6.07, 6.45) is 4.32. The average Bonchev–Trinajstić information content (AvgIpc) is 2.75. The second-order valence-corrected chi connectivity index (χ2v) is 6.89. The molecule has 1 N–H and O–H groups in total. The first-order valence-corrected chi connectivity index (χ1v) is 9.67. The van der Waals surface area contributed by atoms with Crippen LogP contribution in [0.15, 0.2) is 54.6 Å². The lowest BCUT2D eigenvalue weighted by Gasteiger charge is -2.34. The molecular weight excluding hydrogens is 354 g/mol. The Hall–Kier alpha value is -2.99. The number of rotatable bonds is 4. The fraction of sp³-hybridized carbons (Fsp3) is 0.318. The smallest absolute Gasteiger partial charge is 0.321 e.